The Morgan fingerprint density at radius 1 is 0.750 bits per heavy atom. The molecule has 0 unspecified atom stereocenters. The summed E-state index contributed by atoms with van der Waals surface area (Å²) in [5, 5.41) is 0. The zero-order valence-corrected chi connectivity index (χ0v) is 17.6. The van der Waals surface area contributed by atoms with Crippen molar-refractivity contribution < 1.29 is 14.3 Å². The third-order valence-electron chi connectivity index (χ3n) is 5.07. The lowest BCUT2D eigenvalue weighted by Gasteiger charge is -2.29. The third kappa shape index (κ3) is 3.68. The molecule has 0 aliphatic carbocycles. The number of fused-ring (bicyclic) bond motifs is 1. The van der Waals surface area contributed by atoms with Crippen molar-refractivity contribution in [2.24, 2.45) is 0 Å². The zero-order chi connectivity index (χ0) is 20.7. The molecule has 4 nitrogen and oxygen atoms in total. The molecule has 2 amide bonds. The number of nitrogens with zero attached hydrogens (tertiary/aromatic N) is 1. The van der Waals surface area contributed by atoms with E-state index in [1.54, 1.807) is 24.3 Å². The highest BCUT2D eigenvalue weighted by molar-refractivity contribution is 6.21. The van der Waals surface area contributed by atoms with E-state index in [-0.39, 0.29) is 35.8 Å². The number of carbonyl (C=O) groups excluding carboxylic acids is 2. The Kier molecular flexibility index (Phi) is 5.09. The van der Waals surface area contributed by atoms with Crippen molar-refractivity contribution in [3.05, 3.63) is 64.7 Å². The quantitative estimate of drug-likeness (QED) is 0.706. The first-order chi connectivity index (χ1) is 13.0. The number of hydrogen-bond donors (Lipinski definition) is 0. The topological polar surface area (TPSA) is 46.6 Å². The van der Waals surface area contributed by atoms with Crippen molar-refractivity contribution >= 4 is 11.8 Å². The van der Waals surface area contributed by atoms with Gasteiger partial charge in [0.05, 0.1) is 17.7 Å². The predicted octanol–water partition coefficient (Wildman–Crippen LogP) is 4.96. The average Bonchev–Trinajstić information content (AvgIpc) is 2.85. The number of ether oxygens (including phenoxy) is 1. The molecule has 0 radical (unpaired) electrons. The lowest BCUT2D eigenvalue weighted by molar-refractivity contribution is 0.0630. The highest BCUT2D eigenvalue weighted by atomic mass is 16.5. The summed E-state index contributed by atoms with van der Waals surface area (Å²) in [4.78, 5) is 26.4. The molecular weight excluding hydrogens is 350 g/mol. The van der Waals surface area contributed by atoms with E-state index < -0.39 is 0 Å². The fourth-order valence-corrected chi connectivity index (χ4v) is 3.55. The van der Waals surface area contributed by atoms with Crippen LogP contribution in [-0.2, 0) is 10.8 Å². The van der Waals surface area contributed by atoms with Crippen LogP contribution in [-0.4, -0.2) is 29.9 Å². The molecule has 0 saturated heterocycles. The lowest BCUT2D eigenvalue weighted by Crippen LogP contribution is -2.34. The van der Waals surface area contributed by atoms with Crippen molar-refractivity contribution in [1.82, 2.24) is 4.90 Å². The van der Waals surface area contributed by atoms with Gasteiger partial charge in [-0.2, -0.15) is 0 Å². The van der Waals surface area contributed by atoms with Gasteiger partial charge in [0.1, 0.15) is 12.4 Å². The summed E-state index contributed by atoms with van der Waals surface area (Å²) in [6, 6.07) is 13.2. The Bertz CT molecular complexity index is 849. The molecule has 0 saturated carbocycles. The van der Waals surface area contributed by atoms with E-state index in [1.807, 2.05) is 0 Å². The van der Waals surface area contributed by atoms with Crippen LogP contribution in [0.5, 0.6) is 5.75 Å². The van der Waals surface area contributed by atoms with Crippen molar-refractivity contribution in [2.75, 3.05) is 13.2 Å². The van der Waals surface area contributed by atoms with Gasteiger partial charge in [-0.1, -0.05) is 71.9 Å². The number of benzene rings is 2. The van der Waals surface area contributed by atoms with Crippen molar-refractivity contribution in [1.29, 1.82) is 0 Å². The largest absolute Gasteiger partial charge is 0.491 e. The molecule has 0 bridgehead atoms. The molecule has 0 aromatic heterocycles. The van der Waals surface area contributed by atoms with E-state index in [0.717, 1.165) is 16.9 Å². The summed E-state index contributed by atoms with van der Waals surface area (Å²) in [7, 11) is 0. The van der Waals surface area contributed by atoms with E-state index in [4.69, 9.17) is 4.74 Å². The minimum atomic E-state index is -0.246. The molecule has 2 aromatic rings. The van der Waals surface area contributed by atoms with Gasteiger partial charge in [-0.25, -0.2) is 0 Å². The molecule has 2 aromatic carbocycles. The maximum atomic E-state index is 12.6. The smallest absolute Gasteiger partial charge is 0.261 e. The summed E-state index contributed by atoms with van der Waals surface area (Å²) >= 11 is 0. The summed E-state index contributed by atoms with van der Waals surface area (Å²) in [6.07, 6.45) is 0. The summed E-state index contributed by atoms with van der Waals surface area (Å²) in [5.41, 5.74) is 3.04. The van der Waals surface area contributed by atoms with E-state index >= 15 is 0 Å². The van der Waals surface area contributed by atoms with Gasteiger partial charge in [0.25, 0.3) is 11.8 Å². The highest BCUT2D eigenvalue weighted by Crippen LogP contribution is 2.39. The van der Waals surface area contributed by atoms with Gasteiger partial charge in [-0.3, -0.25) is 14.5 Å². The van der Waals surface area contributed by atoms with Crippen LogP contribution in [0.1, 0.15) is 73.4 Å². The number of rotatable bonds is 4. The number of amides is 2. The first-order valence-electron chi connectivity index (χ1n) is 9.74. The molecule has 28 heavy (non-hydrogen) atoms. The second-order valence-corrected chi connectivity index (χ2v) is 9.34. The van der Waals surface area contributed by atoms with E-state index in [2.05, 4.69) is 59.7 Å². The summed E-state index contributed by atoms with van der Waals surface area (Å²) in [5.74, 6) is 0.368. The van der Waals surface area contributed by atoms with E-state index in [0.29, 0.717) is 11.1 Å². The molecule has 4 heteroatoms. The Morgan fingerprint density at radius 2 is 1.21 bits per heavy atom. The molecule has 3 rings (SSSR count). The van der Waals surface area contributed by atoms with Gasteiger partial charge in [0.15, 0.2) is 0 Å². The maximum absolute atomic E-state index is 12.6. The molecule has 0 spiro atoms. The van der Waals surface area contributed by atoms with Crippen molar-refractivity contribution in [3.8, 4) is 5.75 Å². The SMILES string of the molecule is CC(C)(C)c1cccc(C(C)(C)C)c1OCCN1C(=O)c2ccccc2C1=O. The average molecular weight is 380 g/mol. The number of imide groups is 1. The predicted molar refractivity (Wildman–Crippen MR) is 111 cm³/mol. The fourth-order valence-electron chi connectivity index (χ4n) is 3.55. The number of para-hydroxylation sites is 1. The van der Waals surface area contributed by atoms with Crippen LogP contribution in [0.4, 0.5) is 0 Å². The fraction of sp³-hybridized carbons (Fsp3) is 0.417. The standard InChI is InChI=1S/C24H29NO3/c1-23(2,3)18-12-9-13-19(24(4,5)6)20(18)28-15-14-25-21(26)16-10-7-8-11-17(16)22(25)27/h7-13H,14-15H2,1-6H3. The number of carbonyl (C=O) groups is 2. The summed E-state index contributed by atoms with van der Waals surface area (Å²) in [6.45, 7) is 13.4. The van der Waals surface area contributed by atoms with Crippen molar-refractivity contribution in [3.63, 3.8) is 0 Å². The van der Waals surface area contributed by atoms with Gasteiger partial charge in [0.2, 0.25) is 0 Å². The minimum Gasteiger partial charge on any atom is -0.491 e. The molecule has 1 aliphatic heterocycles. The zero-order valence-electron chi connectivity index (χ0n) is 17.6. The van der Waals surface area contributed by atoms with Crippen LogP contribution in [0.2, 0.25) is 0 Å². The van der Waals surface area contributed by atoms with Crippen molar-refractivity contribution in [2.45, 2.75) is 52.4 Å². The Morgan fingerprint density at radius 3 is 1.64 bits per heavy atom. The molecule has 0 atom stereocenters. The van der Waals surface area contributed by atoms with Crippen LogP contribution in [0.15, 0.2) is 42.5 Å². The van der Waals surface area contributed by atoms with Gasteiger partial charge in [-0.05, 0) is 34.1 Å². The Labute approximate surface area is 167 Å². The molecule has 0 fully saturated rings. The second-order valence-electron chi connectivity index (χ2n) is 9.34. The highest BCUT2D eigenvalue weighted by Gasteiger charge is 2.35. The minimum absolute atomic E-state index is 0.0773. The first kappa shape index (κ1) is 20.1. The van der Waals surface area contributed by atoms with Crippen LogP contribution >= 0.6 is 0 Å². The first-order valence-corrected chi connectivity index (χ1v) is 9.74. The molecule has 148 valence electrons. The maximum Gasteiger partial charge on any atom is 0.261 e. The Hall–Kier alpha value is -2.62. The van der Waals surface area contributed by atoms with Gasteiger partial charge >= 0.3 is 0 Å². The molecular formula is C24H29NO3. The van der Waals surface area contributed by atoms with Crippen LogP contribution in [0, 0.1) is 0 Å². The van der Waals surface area contributed by atoms with Gasteiger partial charge < -0.3 is 4.74 Å². The van der Waals surface area contributed by atoms with Crippen LogP contribution < -0.4 is 4.74 Å². The third-order valence-corrected chi connectivity index (χ3v) is 5.07. The Balaban J connectivity index is 1.82. The monoisotopic (exact) mass is 379 g/mol. The second kappa shape index (κ2) is 7.08. The molecule has 0 N–H and O–H groups in total. The van der Waals surface area contributed by atoms with Gasteiger partial charge in [-0.15, -0.1) is 0 Å². The molecule has 1 aliphatic rings. The van der Waals surface area contributed by atoms with Crippen LogP contribution in [0.25, 0.3) is 0 Å². The van der Waals surface area contributed by atoms with E-state index in [1.165, 1.54) is 4.90 Å². The van der Waals surface area contributed by atoms with E-state index in [9.17, 15) is 9.59 Å². The van der Waals surface area contributed by atoms with Gasteiger partial charge in [0, 0.05) is 0 Å². The molecule has 1 heterocycles. The van der Waals surface area contributed by atoms with Crippen LogP contribution in [0.3, 0.4) is 0 Å². The lowest BCUT2D eigenvalue weighted by atomic mass is 9.79. The number of hydrogen-bond acceptors (Lipinski definition) is 3. The normalized spacial score (nSPS) is 14.4. The summed E-state index contributed by atoms with van der Waals surface area (Å²) < 4.78 is 6.23.